The first-order valence-electron chi connectivity index (χ1n) is 7.35. The predicted molar refractivity (Wildman–Crippen MR) is 85.0 cm³/mol. The van der Waals surface area contributed by atoms with Gasteiger partial charge in [-0.3, -0.25) is 4.79 Å². The van der Waals surface area contributed by atoms with E-state index in [1.165, 1.54) is 10.5 Å². The van der Waals surface area contributed by atoms with Crippen LogP contribution in [0, 0.1) is 0 Å². The normalized spacial score (nSPS) is 15.9. The molecule has 0 heterocycles. The van der Waals surface area contributed by atoms with E-state index in [1.807, 2.05) is 0 Å². The molecule has 1 aromatic carbocycles. The summed E-state index contributed by atoms with van der Waals surface area (Å²) in [4.78, 5) is 12.8. The number of nitrogens with one attached hydrogen (secondary N) is 2. The molecule has 1 aromatic rings. The summed E-state index contributed by atoms with van der Waals surface area (Å²) in [5.41, 5.74) is 1.30. The van der Waals surface area contributed by atoms with Gasteiger partial charge in [0, 0.05) is 23.4 Å². The molecule has 3 nitrogen and oxygen atoms in total. The summed E-state index contributed by atoms with van der Waals surface area (Å²) in [5.74, 6) is 0.200. The third-order valence-corrected chi connectivity index (χ3v) is 4.33. The van der Waals surface area contributed by atoms with Gasteiger partial charge >= 0.3 is 0 Å². The van der Waals surface area contributed by atoms with Crippen LogP contribution in [-0.4, -0.2) is 24.7 Å². The monoisotopic (exact) mass is 292 g/mol. The summed E-state index contributed by atoms with van der Waals surface area (Å²) in [5, 5.41) is 6.49. The molecule has 1 amide bonds. The Bertz CT molecular complexity index is 429. The number of carbonyl (C=O) groups is 1. The number of benzene rings is 1. The fourth-order valence-electron chi connectivity index (χ4n) is 2.11. The van der Waals surface area contributed by atoms with Gasteiger partial charge in [-0.05, 0) is 56.7 Å². The van der Waals surface area contributed by atoms with Crippen LogP contribution in [0.1, 0.15) is 44.2 Å². The van der Waals surface area contributed by atoms with Crippen molar-refractivity contribution in [2.45, 2.75) is 49.6 Å². The Labute approximate surface area is 125 Å². The minimum absolute atomic E-state index is 0.200. The van der Waals surface area contributed by atoms with E-state index in [2.05, 4.69) is 48.1 Å². The molecular formula is C16H24N2OS. The Morgan fingerprint density at radius 2 is 2.05 bits per heavy atom. The third kappa shape index (κ3) is 5.17. The molecule has 0 radical (unpaired) electrons. The van der Waals surface area contributed by atoms with Crippen LogP contribution in [-0.2, 0) is 4.79 Å². The lowest BCUT2D eigenvalue weighted by atomic mass is 10.1. The van der Waals surface area contributed by atoms with Crippen LogP contribution < -0.4 is 10.6 Å². The van der Waals surface area contributed by atoms with Crippen molar-refractivity contribution < 1.29 is 4.79 Å². The van der Waals surface area contributed by atoms with Gasteiger partial charge in [-0.2, -0.15) is 0 Å². The van der Waals surface area contributed by atoms with E-state index in [0.717, 1.165) is 25.8 Å². The molecule has 20 heavy (non-hydrogen) atoms. The molecule has 1 atom stereocenters. The number of carbonyl (C=O) groups excluding carboxylic acids is 1. The lowest BCUT2D eigenvalue weighted by Crippen LogP contribution is -2.27. The zero-order valence-electron chi connectivity index (χ0n) is 12.3. The van der Waals surface area contributed by atoms with E-state index >= 15 is 0 Å². The van der Waals surface area contributed by atoms with Crippen molar-refractivity contribution in [2.75, 3.05) is 12.8 Å². The lowest BCUT2D eigenvalue weighted by Gasteiger charge is -2.14. The average molecular weight is 292 g/mol. The molecule has 0 spiro atoms. The van der Waals surface area contributed by atoms with E-state index in [1.54, 1.807) is 11.8 Å². The highest BCUT2D eigenvalue weighted by Crippen LogP contribution is 2.19. The van der Waals surface area contributed by atoms with Crippen molar-refractivity contribution in [2.24, 2.45) is 0 Å². The third-order valence-electron chi connectivity index (χ3n) is 3.59. The maximum Gasteiger partial charge on any atom is 0.220 e. The van der Waals surface area contributed by atoms with Gasteiger partial charge in [-0.1, -0.05) is 12.1 Å². The molecule has 0 saturated heterocycles. The topological polar surface area (TPSA) is 41.1 Å². The number of hydrogen-bond donors (Lipinski definition) is 2. The van der Waals surface area contributed by atoms with Gasteiger partial charge in [0.25, 0.3) is 0 Å². The fourth-order valence-corrected chi connectivity index (χ4v) is 2.51. The van der Waals surface area contributed by atoms with Crippen LogP contribution in [0.2, 0.25) is 0 Å². The summed E-state index contributed by atoms with van der Waals surface area (Å²) in [6, 6.07) is 9.46. The molecule has 4 heteroatoms. The highest BCUT2D eigenvalue weighted by molar-refractivity contribution is 7.98. The van der Waals surface area contributed by atoms with Crippen molar-refractivity contribution >= 4 is 17.7 Å². The predicted octanol–water partition coefficient (Wildman–Crippen LogP) is 3.12. The molecule has 1 aliphatic rings. The van der Waals surface area contributed by atoms with Gasteiger partial charge in [0.15, 0.2) is 0 Å². The fraction of sp³-hybridized carbons (Fsp3) is 0.562. The second-order valence-electron chi connectivity index (χ2n) is 5.39. The molecule has 0 bridgehead atoms. The Kier molecular flexibility index (Phi) is 5.92. The first kappa shape index (κ1) is 15.4. The van der Waals surface area contributed by atoms with Gasteiger partial charge in [0.05, 0.1) is 0 Å². The van der Waals surface area contributed by atoms with Crippen LogP contribution in [0.4, 0.5) is 0 Å². The lowest BCUT2D eigenvalue weighted by molar-refractivity contribution is -0.121. The first-order valence-corrected chi connectivity index (χ1v) is 8.58. The van der Waals surface area contributed by atoms with Crippen LogP contribution in [0.5, 0.6) is 0 Å². The maximum absolute atomic E-state index is 11.5. The largest absolute Gasteiger partial charge is 0.353 e. The number of rotatable bonds is 8. The molecule has 1 fully saturated rings. The Hall–Kier alpha value is -1.00. The van der Waals surface area contributed by atoms with Crippen LogP contribution in [0.25, 0.3) is 0 Å². The van der Waals surface area contributed by atoms with E-state index in [9.17, 15) is 4.79 Å². The zero-order chi connectivity index (χ0) is 14.4. The summed E-state index contributed by atoms with van der Waals surface area (Å²) >= 11 is 1.76. The Morgan fingerprint density at radius 1 is 1.35 bits per heavy atom. The molecule has 2 N–H and O–H groups in total. The SMILES string of the molecule is CSc1ccc(C(C)NCCCC(=O)NC2CC2)cc1. The van der Waals surface area contributed by atoms with Crippen molar-refractivity contribution in [3.05, 3.63) is 29.8 Å². The first-order chi connectivity index (χ1) is 9.69. The smallest absolute Gasteiger partial charge is 0.220 e. The molecule has 2 rings (SSSR count). The molecule has 1 saturated carbocycles. The Morgan fingerprint density at radius 3 is 2.65 bits per heavy atom. The molecular weight excluding hydrogens is 268 g/mol. The van der Waals surface area contributed by atoms with Crippen molar-refractivity contribution in [1.82, 2.24) is 10.6 Å². The van der Waals surface area contributed by atoms with E-state index < -0.39 is 0 Å². The summed E-state index contributed by atoms with van der Waals surface area (Å²) in [7, 11) is 0. The second-order valence-corrected chi connectivity index (χ2v) is 6.27. The van der Waals surface area contributed by atoms with Crippen molar-refractivity contribution in [3.8, 4) is 0 Å². The van der Waals surface area contributed by atoms with E-state index in [4.69, 9.17) is 0 Å². The van der Waals surface area contributed by atoms with Crippen molar-refractivity contribution in [3.63, 3.8) is 0 Å². The highest BCUT2D eigenvalue weighted by Gasteiger charge is 2.22. The van der Waals surface area contributed by atoms with Gasteiger partial charge in [-0.25, -0.2) is 0 Å². The standard InChI is InChI=1S/C16H24N2OS/c1-12(13-5-9-15(20-2)10-6-13)17-11-3-4-16(19)18-14-7-8-14/h5-6,9-10,12,14,17H,3-4,7-8,11H2,1-2H3,(H,18,19). The van der Waals surface area contributed by atoms with Gasteiger partial charge < -0.3 is 10.6 Å². The van der Waals surface area contributed by atoms with Crippen LogP contribution in [0.3, 0.4) is 0 Å². The number of amides is 1. The summed E-state index contributed by atoms with van der Waals surface area (Å²) in [6.07, 6.45) is 5.93. The molecule has 0 aromatic heterocycles. The molecule has 1 aliphatic carbocycles. The van der Waals surface area contributed by atoms with Gasteiger partial charge in [0.1, 0.15) is 0 Å². The minimum Gasteiger partial charge on any atom is -0.353 e. The van der Waals surface area contributed by atoms with E-state index in [-0.39, 0.29) is 5.91 Å². The van der Waals surface area contributed by atoms with Crippen LogP contribution >= 0.6 is 11.8 Å². The number of hydrogen-bond acceptors (Lipinski definition) is 3. The van der Waals surface area contributed by atoms with Gasteiger partial charge in [-0.15, -0.1) is 11.8 Å². The minimum atomic E-state index is 0.200. The van der Waals surface area contributed by atoms with Crippen LogP contribution in [0.15, 0.2) is 29.2 Å². The molecule has 110 valence electrons. The second kappa shape index (κ2) is 7.70. The zero-order valence-corrected chi connectivity index (χ0v) is 13.1. The summed E-state index contributed by atoms with van der Waals surface area (Å²) in [6.45, 7) is 3.04. The molecule has 0 aliphatic heterocycles. The highest BCUT2D eigenvalue weighted by atomic mass is 32.2. The van der Waals surface area contributed by atoms with Crippen molar-refractivity contribution in [1.29, 1.82) is 0 Å². The quantitative estimate of drug-likeness (QED) is 0.571. The summed E-state index contributed by atoms with van der Waals surface area (Å²) < 4.78 is 0. The van der Waals surface area contributed by atoms with Gasteiger partial charge in [0.2, 0.25) is 5.91 Å². The van der Waals surface area contributed by atoms with E-state index in [0.29, 0.717) is 18.5 Å². The Balaban J connectivity index is 1.63. The number of thioether (sulfide) groups is 1. The maximum atomic E-state index is 11.5. The molecule has 1 unspecified atom stereocenters. The average Bonchev–Trinajstić information content (AvgIpc) is 3.27.